The highest BCUT2D eigenvalue weighted by Gasteiger charge is 2.37. The number of fused-ring (bicyclic) bond motifs is 1. The van der Waals surface area contributed by atoms with Crippen molar-refractivity contribution in [2.24, 2.45) is 0 Å². The van der Waals surface area contributed by atoms with Gasteiger partial charge in [0.15, 0.2) is 0 Å². The average Bonchev–Trinajstić information content (AvgIpc) is 3.15. The highest BCUT2D eigenvalue weighted by molar-refractivity contribution is 5.39. The number of nitrogens with zero attached hydrogens (tertiary/aromatic N) is 1. The Morgan fingerprint density at radius 1 is 1.14 bits per heavy atom. The van der Waals surface area contributed by atoms with Gasteiger partial charge in [-0.25, -0.2) is 0 Å². The molecule has 4 rings (SSSR count). The summed E-state index contributed by atoms with van der Waals surface area (Å²) in [5, 5.41) is 10.9. The molecule has 1 unspecified atom stereocenters. The van der Waals surface area contributed by atoms with Crippen LogP contribution in [-0.4, -0.2) is 29.7 Å². The van der Waals surface area contributed by atoms with Crippen LogP contribution in [0.15, 0.2) is 48.5 Å². The molecule has 0 saturated carbocycles. The van der Waals surface area contributed by atoms with E-state index in [1.54, 1.807) is 0 Å². The smallest absolute Gasteiger partial charge is 0.122 e. The summed E-state index contributed by atoms with van der Waals surface area (Å²) in [5.41, 5.74) is 2.94. The first-order valence-corrected chi connectivity index (χ1v) is 7.98. The Bertz CT molecular complexity index is 670. The number of rotatable bonds is 3. The van der Waals surface area contributed by atoms with Crippen LogP contribution in [0, 0.1) is 0 Å². The van der Waals surface area contributed by atoms with Gasteiger partial charge in [0.25, 0.3) is 0 Å². The summed E-state index contributed by atoms with van der Waals surface area (Å²) < 4.78 is 5.56. The zero-order valence-electron chi connectivity index (χ0n) is 12.7. The van der Waals surface area contributed by atoms with Gasteiger partial charge in [0.05, 0.1) is 6.61 Å². The number of ether oxygens (including phenoxy) is 1. The van der Waals surface area contributed by atoms with Crippen LogP contribution in [0.25, 0.3) is 0 Å². The Morgan fingerprint density at radius 2 is 2.00 bits per heavy atom. The quantitative estimate of drug-likeness (QED) is 0.945. The molecule has 2 aromatic carbocycles. The molecule has 0 spiro atoms. The lowest BCUT2D eigenvalue weighted by atomic mass is 9.93. The molecule has 2 aliphatic heterocycles. The van der Waals surface area contributed by atoms with Crippen LogP contribution < -0.4 is 4.74 Å². The van der Waals surface area contributed by atoms with Gasteiger partial charge in [-0.1, -0.05) is 42.5 Å². The van der Waals surface area contributed by atoms with E-state index >= 15 is 0 Å². The van der Waals surface area contributed by atoms with Crippen molar-refractivity contribution in [3.05, 3.63) is 65.2 Å². The minimum Gasteiger partial charge on any atom is -0.493 e. The van der Waals surface area contributed by atoms with Gasteiger partial charge >= 0.3 is 0 Å². The van der Waals surface area contributed by atoms with Crippen LogP contribution >= 0.6 is 0 Å². The fourth-order valence-corrected chi connectivity index (χ4v) is 3.59. The Hall–Kier alpha value is -1.84. The first-order chi connectivity index (χ1) is 10.7. The lowest BCUT2D eigenvalue weighted by Crippen LogP contribution is -2.30. The van der Waals surface area contributed by atoms with E-state index in [-0.39, 0.29) is 0 Å². The highest BCUT2D eigenvalue weighted by Crippen LogP contribution is 2.33. The fourth-order valence-electron chi connectivity index (χ4n) is 3.59. The minimum atomic E-state index is -0.707. The molecule has 2 aliphatic rings. The molecule has 0 bridgehead atoms. The third kappa shape index (κ3) is 2.51. The van der Waals surface area contributed by atoms with Crippen molar-refractivity contribution in [3.63, 3.8) is 0 Å². The number of β-amino-alcohol motifs (C(OH)–C–C–N with tert-alkyl or cyclic N) is 1. The van der Waals surface area contributed by atoms with Gasteiger partial charge in [0.2, 0.25) is 0 Å². The molecule has 1 N–H and O–H groups in total. The van der Waals surface area contributed by atoms with E-state index in [0.29, 0.717) is 6.54 Å². The number of hydrogen-bond donors (Lipinski definition) is 1. The Morgan fingerprint density at radius 3 is 2.86 bits per heavy atom. The van der Waals surface area contributed by atoms with Gasteiger partial charge in [-0.15, -0.1) is 0 Å². The van der Waals surface area contributed by atoms with Gasteiger partial charge in [-0.05, 0) is 29.2 Å². The predicted octanol–water partition coefficient (Wildman–Crippen LogP) is 2.72. The van der Waals surface area contributed by atoms with Crippen molar-refractivity contribution in [2.45, 2.75) is 25.0 Å². The van der Waals surface area contributed by atoms with Crippen molar-refractivity contribution in [1.82, 2.24) is 4.90 Å². The Kier molecular flexibility index (Phi) is 3.40. The van der Waals surface area contributed by atoms with Crippen LogP contribution in [0.3, 0.4) is 0 Å². The van der Waals surface area contributed by atoms with E-state index < -0.39 is 5.60 Å². The zero-order valence-corrected chi connectivity index (χ0v) is 12.7. The van der Waals surface area contributed by atoms with E-state index in [9.17, 15) is 5.11 Å². The van der Waals surface area contributed by atoms with Gasteiger partial charge in [0, 0.05) is 26.1 Å². The fraction of sp³-hybridized carbons (Fsp3) is 0.368. The summed E-state index contributed by atoms with van der Waals surface area (Å²) in [4.78, 5) is 2.34. The molecule has 0 aliphatic carbocycles. The molecule has 3 nitrogen and oxygen atoms in total. The molecule has 0 radical (unpaired) electrons. The third-order valence-corrected chi connectivity index (χ3v) is 4.80. The SMILES string of the molecule is OC1(c2ccccc2)CCN(Cc2ccc3c(c2)CCO3)C1. The molecule has 1 atom stereocenters. The lowest BCUT2D eigenvalue weighted by Gasteiger charge is -2.24. The molecular weight excluding hydrogens is 274 g/mol. The van der Waals surface area contributed by atoms with E-state index in [4.69, 9.17) is 4.74 Å². The Balaban J connectivity index is 1.47. The summed E-state index contributed by atoms with van der Waals surface area (Å²) in [6.45, 7) is 3.32. The summed E-state index contributed by atoms with van der Waals surface area (Å²) in [6, 6.07) is 16.5. The molecule has 0 amide bonds. The average molecular weight is 295 g/mol. The number of benzene rings is 2. The minimum absolute atomic E-state index is 0.699. The predicted molar refractivity (Wildman–Crippen MR) is 85.9 cm³/mol. The van der Waals surface area contributed by atoms with Crippen LogP contribution in [0.4, 0.5) is 0 Å². The van der Waals surface area contributed by atoms with Crippen molar-refractivity contribution in [3.8, 4) is 5.75 Å². The second-order valence-corrected chi connectivity index (χ2v) is 6.40. The van der Waals surface area contributed by atoms with Gasteiger partial charge < -0.3 is 9.84 Å². The molecule has 1 saturated heterocycles. The van der Waals surface area contributed by atoms with E-state index in [1.165, 1.54) is 11.1 Å². The van der Waals surface area contributed by atoms with E-state index in [1.807, 2.05) is 30.3 Å². The second-order valence-electron chi connectivity index (χ2n) is 6.40. The number of likely N-dealkylation sites (tertiary alicyclic amines) is 1. The van der Waals surface area contributed by atoms with Crippen LogP contribution in [0.2, 0.25) is 0 Å². The molecule has 2 heterocycles. The van der Waals surface area contributed by atoms with Crippen molar-refractivity contribution >= 4 is 0 Å². The topological polar surface area (TPSA) is 32.7 Å². The second kappa shape index (κ2) is 5.41. The summed E-state index contributed by atoms with van der Waals surface area (Å²) >= 11 is 0. The summed E-state index contributed by atoms with van der Waals surface area (Å²) in [7, 11) is 0. The van der Waals surface area contributed by atoms with Gasteiger partial charge in [-0.2, -0.15) is 0 Å². The monoisotopic (exact) mass is 295 g/mol. The summed E-state index contributed by atoms with van der Waals surface area (Å²) in [5.74, 6) is 1.03. The molecule has 2 aromatic rings. The maximum Gasteiger partial charge on any atom is 0.122 e. The molecule has 22 heavy (non-hydrogen) atoms. The molecule has 114 valence electrons. The molecule has 3 heteroatoms. The normalized spacial score (nSPS) is 24.2. The largest absolute Gasteiger partial charge is 0.493 e. The van der Waals surface area contributed by atoms with Gasteiger partial charge in [0.1, 0.15) is 11.4 Å². The highest BCUT2D eigenvalue weighted by atomic mass is 16.5. The molecule has 0 aromatic heterocycles. The van der Waals surface area contributed by atoms with Crippen LogP contribution in [-0.2, 0) is 18.6 Å². The lowest BCUT2D eigenvalue weighted by molar-refractivity contribution is 0.0453. The first kappa shape index (κ1) is 13.8. The maximum atomic E-state index is 10.9. The van der Waals surface area contributed by atoms with Crippen LogP contribution in [0.1, 0.15) is 23.1 Å². The first-order valence-electron chi connectivity index (χ1n) is 7.98. The van der Waals surface area contributed by atoms with E-state index in [2.05, 4.69) is 23.1 Å². The van der Waals surface area contributed by atoms with Crippen molar-refractivity contribution < 1.29 is 9.84 Å². The zero-order chi connectivity index (χ0) is 15.0. The molecule has 1 fully saturated rings. The third-order valence-electron chi connectivity index (χ3n) is 4.80. The Labute approximate surface area is 131 Å². The summed E-state index contributed by atoms with van der Waals surface area (Å²) in [6.07, 6.45) is 1.81. The number of hydrogen-bond acceptors (Lipinski definition) is 3. The standard InChI is InChI=1S/C19H21NO2/c21-19(17-4-2-1-3-5-17)9-10-20(14-19)13-15-6-7-18-16(12-15)8-11-22-18/h1-7,12,21H,8-11,13-14H2. The van der Waals surface area contributed by atoms with Crippen LogP contribution in [0.5, 0.6) is 5.75 Å². The van der Waals surface area contributed by atoms with E-state index in [0.717, 1.165) is 43.9 Å². The molecular formula is C19H21NO2. The van der Waals surface area contributed by atoms with Crippen molar-refractivity contribution in [1.29, 1.82) is 0 Å². The van der Waals surface area contributed by atoms with Gasteiger partial charge in [-0.3, -0.25) is 4.90 Å². The van der Waals surface area contributed by atoms with Crippen molar-refractivity contribution in [2.75, 3.05) is 19.7 Å². The maximum absolute atomic E-state index is 10.9. The number of aliphatic hydroxyl groups is 1.